The number of methoxy groups -OCH3 is 3. The van der Waals surface area contributed by atoms with E-state index in [2.05, 4.69) is 5.32 Å². The fourth-order valence-corrected chi connectivity index (χ4v) is 2.70. The fourth-order valence-electron chi connectivity index (χ4n) is 2.70. The molecular weight excluding hydrogens is 367 g/mol. The lowest BCUT2D eigenvalue weighted by molar-refractivity contribution is -0.116. The van der Waals surface area contributed by atoms with Gasteiger partial charge in [-0.05, 0) is 18.2 Å². The second-order valence-corrected chi connectivity index (χ2v) is 5.82. The van der Waals surface area contributed by atoms with Crippen molar-refractivity contribution in [3.63, 3.8) is 0 Å². The first-order valence-electron chi connectivity index (χ1n) is 8.53. The molecule has 150 valence electrons. The molecule has 0 radical (unpaired) electrons. The molecule has 0 aromatic heterocycles. The number of anilines is 1. The highest BCUT2D eigenvalue weighted by Crippen LogP contribution is 2.41. The quantitative estimate of drug-likeness (QED) is 0.750. The SMILES string of the molecule is COc1cc(N(CCNC(=O)c2cccc(F)c2)C(C)=O)cc(OC)c1OC. The van der Waals surface area contributed by atoms with Gasteiger partial charge in [0.25, 0.3) is 5.91 Å². The van der Waals surface area contributed by atoms with Gasteiger partial charge in [0.05, 0.1) is 27.0 Å². The summed E-state index contributed by atoms with van der Waals surface area (Å²) in [6.45, 7) is 1.79. The van der Waals surface area contributed by atoms with Gasteiger partial charge in [0.2, 0.25) is 11.7 Å². The molecule has 0 atom stereocenters. The number of halogens is 1. The number of ether oxygens (including phenoxy) is 3. The molecule has 7 nitrogen and oxygen atoms in total. The van der Waals surface area contributed by atoms with E-state index in [9.17, 15) is 14.0 Å². The summed E-state index contributed by atoms with van der Waals surface area (Å²) in [5.41, 5.74) is 0.740. The van der Waals surface area contributed by atoms with Crippen molar-refractivity contribution in [1.82, 2.24) is 5.32 Å². The van der Waals surface area contributed by atoms with Crippen molar-refractivity contribution in [2.24, 2.45) is 0 Å². The first-order chi connectivity index (χ1) is 13.4. The Morgan fingerprint density at radius 3 is 2.18 bits per heavy atom. The van der Waals surface area contributed by atoms with Crippen LogP contribution in [0.4, 0.5) is 10.1 Å². The maximum atomic E-state index is 13.2. The predicted molar refractivity (Wildman–Crippen MR) is 103 cm³/mol. The summed E-state index contributed by atoms with van der Waals surface area (Å²) in [6.07, 6.45) is 0. The van der Waals surface area contributed by atoms with Crippen LogP contribution in [0, 0.1) is 5.82 Å². The number of hydrogen-bond donors (Lipinski definition) is 1. The molecule has 0 unspecified atom stereocenters. The lowest BCUT2D eigenvalue weighted by Crippen LogP contribution is -2.37. The number of benzene rings is 2. The molecule has 0 aliphatic rings. The molecule has 0 aliphatic carbocycles. The number of nitrogens with one attached hydrogen (secondary N) is 1. The molecule has 2 rings (SSSR count). The average Bonchev–Trinajstić information content (AvgIpc) is 2.69. The number of carbonyl (C=O) groups is 2. The molecule has 1 N–H and O–H groups in total. The van der Waals surface area contributed by atoms with E-state index in [1.807, 2.05) is 0 Å². The van der Waals surface area contributed by atoms with Crippen molar-refractivity contribution >= 4 is 17.5 Å². The fraction of sp³-hybridized carbons (Fsp3) is 0.300. The Hall–Kier alpha value is -3.29. The second kappa shape index (κ2) is 9.59. The second-order valence-electron chi connectivity index (χ2n) is 5.82. The van der Waals surface area contributed by atoms with E-state index < -0.39 is 11.7 Å². The number of amides is 2. The van der Waals surface area contributed by atoms with Gasteiger partial charge < -0.3 is 24.4 Å². The van der Waals surface area contributed by atoms with Crippen LogP contribution in [0.15, 0.2) is 36.4 Å². The summed E-state index contributed by atoms with van der Waals surface area (Å²) in [7, 11) is 4.46. The van der Waals surface area contributed by atoms with Gasteiger partial charge in [0.1, 0.15) is 5.82 Å². The van der Waals surface area contributed by atoms with E-state index in [-0.39, 0.29) is 24.6 Å². The largest absolute Gasteiger partial charge is 0.493 e. The van der Waals surface area contributed by atoms with Crippen molar-refractivity contribution in [2.45, 2.75) is 6.92 Å². The van der Waals surface area contributed by atoms with Gasteiger partial charge in [-0.1, -0.05) is 6.07 Å². The minimum atomic E-state index is -0.490. The standard InChI is InChI=1S/C20H23FN2O5/c1-13(24)23(9-8-22-20(25)14-6-5-7-15(21)10-14)16-11-17(26-2)19(28-4)18(12-16)27-3/h5-7,10-12H,8-9H2,1-4H3,(H,22,25). The van der Waals surface area contributed by atoms with E-state index in [0.717, 1.165) is 6.07 Å². The molecule has 28 heavy (non-hydrogen) atoms. The number of rotatable bonds is 8. The molecule has 0 saturated heterocycles. The summed E-state index contributed by atoms with van der Waals surface area (Å²) in [5.74, 6) is 0.0908. The van der Waals surface area contributed by atoms with Crippen LogP contribution in [-0.4, -0.2) is 46.2 Å². The number of hydrogen-bond acceptors (Lipinski definition) is 5. The average molecular weight is 390 g/mol. The summed E-state index contributed by atoms with van der Waals surface area (Å²) >= 11 is 0. The number of carbonyl (C=O) groups excluding carboxylic acids is 2. The lowest BCUT2D eigenvalue weighted by Gasteiger charge is -2.23. The summed E-state index contributed by atoms with van der Waals surface area (Å²) in [5, 5.41) is 2.67. The van der Waals surface area contributed by atoms with Gasteiger partial charge in [-0.15, -0.1) is 0 Å². The van der Waals surface area contributed by atoms with E-state index in [1.165, 1.54) is 51.4 Å². The monoisotopic (exact) mass is 390 g/mol. The van der Waals surface area contributed by atoms with E-state index in [4.69, 9.17) is 14.2 Å². The predicted octanol–water partition coefficient (Wildman–Crippen LogP) is 2.63. The highest BCUT2D eigenvalue weighted by molar-refractivity contribution is 5.95. The molecule has 2 aromatic carbocycles. The minimum absolute atomic E-state index is 0.172. The van der Waals surface area contributed by atoms with Crippen molar-refractivity contribution < 1.29 is 28.2 Å². The third-order valence-corrected chi connectivity index (χ3v) is 4.05. The molecule has 2 amide bonds. The first-order valence-corrected chi connectivity index (χ1v) is 8.53. The summed E-state index contributed by atoms with van der Waals surface area (Å²) in [6, 6.07) is 8.69. The lowest BCUT2D eigenvalue weighted by atomic mass is 10.2. The molecule has 0 bridgehead atoms. The molecular formula is C20H23FN2O5. The third kappa shape index (κ3) is 4.91. The Labute approximate surface area is 163 Å². The van der Waals surface area contributed by atoms with Gasteiger partial charge >= 0.3 is 0 Å². The molecule has 8 heteroatoms. The molecule has 2 aromatic rings. The van der Waals surface area contributed by atoms with Crippen molar-refractivity contribution in [2.75, 3.05) is 39.3 Å². The molecule has 0 fully saturated rings. The highest BCUT2D eigenvalue weighted by Gasteiger charge is 2.19. The van der Waals surface area contributed by atoms with Crippen molar-refractivity contribution in [1.29, 1.82) is 0 Å². The number of nitrogens with zero attached hydrogens (tertiary/aromatic N) is 1. The summed E-state index contributed by atoms with van der Waals surface area (Å²) in [4.78, 5) is 25.7. The topological polar surface area (TPSA) is 77.1 Å². The third-order valence-electron chi connectivity index (χ3n) is 4.05. The Balaban J connectivity index is 2.15. The van der Waals surface area contributed by atoms with Crippen LogP contribution < -0.4 is 24.4 Å². The van der Waals surface area contributed by atoms with Crippen LogP contribution >= 0.6 is 0 Å². The normalized spacial score (nSPS) is 10.2. The van der Waals surface area contributed by atoms with Gasteiger partial charge in [-0.25, -0.2) is 4.39 Å². The Morgan fingerprint density at radius 2 is 1.68 bits per heavy atom. The van der Waals surface area contributed by atoms with E-state index in [1.54, 1.807) is 12.1 Å². The first kappa shape index (κ1) is 21.0. The Bertz CT molecular complexity index is 831. The molecule has 0 aliphatic heterocycles. The van der Waals surface area contributed by atoms with Gasteiger partial charge in [0.15, 0.2) is 11.5 Å². The van der Waals surface area contributed by atoms with Crippen molar-refractivity contribution in [3.8, 4) is 17.2 Å². The van der Waals surface area contributed by atoms with E-state index in [0.29, 0.717) is 22.9 Å². The van der Waals surface area contributed by atoms with Crippen LogP contribution in [-0.2, 0) is 4.79 Å². The Morgan fingerprint density at radius 1 is 1.04 bits per heavy atom. The zero-order valence-electron chi connectivity index (χ0n) is 16.2. The van der Waals surface area contributed by atoms with Gasteiger partial charge in [-0.3, -0.25) is 9.59 Å². The van der Waals surface area contributed by atoms with Crippen LogP contribution in [0.25, 0.3) is 0 Å². The molecule has 0 saturated carbocycles. The van der Waals surface area contributed by atoms with Gasteiger partial charge in [-0.2, -0.15) is 0 Å². The molecule has 0 spiro atoms. The Kier molecular flexibility index (Phi) is 7.20. The van der Waals surface area contributed by atoms with E-state index >= 15 is 0 Å². The highest BCUT2D eigenvalue weighted by atomic mass is 19.1. The zero-order chi connectivity index (χ0) is 20.7. The van der Waals surface area contributed by atoms with Crippen LogP contribution in [0.1, 0.15) is 17.3 Å². The van der Waals surface area contributed by atoms with Gasteiger partial charge in [0, 0.05) is 37.7 Å². The zero-order valence-corrected chi connectivity index (χ0v) is 16.2. The van der Waals surface area contributed by atoms with Crippen LogP contribution in [0.5, 0.6) is 17.2 Å². The maximum Gasteiger partial charge on any atom is 0.251 e. The van der Waals surface area contributed by atoms with Crippen molar-refractivity contribution in [3.05, 3.63) is 47.8 Å². The smallest absolute Gasteiger partial charge is 0.251 e. The summed E-state index contributed by atoms with van der Waals surface area (Å²) < 4.78 is 29.2. The minimum Gasteiger partial charge on any atom is -0.493 e. The molecule has 0 heterocycles. The van der Waals surface area contributed by atoms with Crippen LogP contribution in [0.3, 0.4) is 0 Å². The maximum absolute atomic E-state index is 13.2. The van der Waals surface area contributed by atoms with Crippen LogP contribution in [0.2, 0.25) is 0 Å².